The Morgan fingerprint density at radius 2 is 2.04 bits per heavy atom. The van der Waals surface area contributed by atoms with Crippen LogP contribution in [0.1, 0.15) is 11.1 Å². The molecular formula is C18H28N2O3. The molecule has 1 aromatic carbocycles. The second kappa shape index (κ2) is 7.79. The molecule has 23 heavy (non-hydrogen) atoms. The highest BCUT2D eigenvalue weighted by Gasteiger charge is 2.38. The van der Waals surface area contributed by atoms with Crippen molar-refractivity contribution in [2.24, 2.45) is 11.8 Å². The van der Waals surface area contributed by atoms with Crippen LogP contribution < -0.4 is 4.74 Å². The van der Waals surface area contributed by atoms with Gasteiger partial charge in [-0.15, -0.1) is 0 Å². The van der Waals surface area contributed by atoms with E-state index in [0.29, 0.717) is 6.61 Å². The fourth-order valence-electron chi connectivity index (χ4n) is 3.38. The Bertz CT molecular complexity index is 545. The van der Waals surface area contributed by atoms with Crippen LogP contribution in [0.2, 0.25) is 0 Å². The highest BCUT2D eigenvalue weighted by atomic mass is 16.5. The van der Waals surface area contributed by atoms with Crippen molar-refractivity contribution in [3.8, 4) is 5.75 Å². The third-order valence-electron chi connectivity index (χ3n) is 4.52. The summed E-state index contributed by atoms with van der Waals surface area (Å²) in [6, 6.07) is 6.26. The highest BCUT2D eigenvalue weighted by molar-refractivity contribution is 5.79. The molecule has 1 heterocycles. The molecule has 0 N–H and O–H groups in total. The van der Waals surface area contributed by atoms with E-state index in [1.54, 1.807) is 19.1 Å². The molecule has 2 unspecified atom stereocenters. The summed E-state index contributed by atoms with van der Waals surface area (Å²) >= 11 is 0. The molecule has 0 aliphatic carbocycles. The van der Waals surface area contributed by atoms with E-state index in [-0.39, 0.29) is 17.7 Å². The van der Waals surface area contributed by atoms with Gasteiger partial charge >= 0.3 is 0 Å². The summed E-state index contributed by atoms with van der Waals surface area (Å²) in [4.78, 5) is 16.4. The molecule has 2 rings (SSSR count). The Kier molecular flexibility index (Phi) is 6.02. The first-order chi connectivity index (χ1) is 11.0. The molecule has 5 nitrogen and oxygen atoms in total. The maximum atomic E-state index is 12.4. The second-order valence-corrected chi connectivity index (χ2v) is 6.55. The molecule has 128 valence electrons. The van der Waals surface area contributed by atoms with Gasteiger partial charge in [0, 0.05) is 46.8 Å². The zero-order chi connectivity index (χ0) is 17.0. The number of nitrogens with zero attached hydrogens (tertiary/aromatic N) is 2. The van der Waals surface area contributed by atoms with Gasteiger partial charge < -0.3 is 14.4 Å². The maximum absolute atomic E-state index is 12.4. The third kappa shape index (κ3) is 4.24. The van der Waals surface area contributed by atoms with Crippen molar-refractivity contribution in [1.82, 2.24) is 9.80 Å². The maximum Gasteiger partial charge on any atom is 0.226 e. The van der Waals surface area contributed by atoms with Crippen LogP contribution in [0.15, 0.2) is 18.2 Å². The fourth-order valence-corrected chi connectivity index (χ4v) is 3.38. The Labute approximate surface area is 139 Å². The molecular weight excluding hydrogens is 292 g/mol. The summed E-state index contributed by atoms with van der Waals surface area (Å²) in [7, 11) is 7.03. The van der Waals surface area contributed by atoms with Crippen LogP contribution in [0.4, 0.5) is 0 Å². The van der Waals surface area contributed by atoms with Gasteiger partial charge in [0.05, 0.1) is 19.6 Å². The first-order valence-electron chi connectivity index (χ1n) is 8.02. The lowest BCUT2D eigenvalue weighted by Crippen LogP contribution is -2.35. The summed E-state index contributed by atoms with van der Waals surface area (Å²) < 4.78 is 10.6. The lowest BCUT2D eigenvalue weighted by molar-refractivity contribution is -0.134. The van der Waals surface area contributed by atoms with Gasteiger partial charge in [-0.1, -0.05) is 12.1 Å². The Morgan fingerprint density at radius 3 is 2.61 bits per heavy atom. The molecule has 1 aliphatic heterocycles. The molecule has 1 saturated heterocycles. The minimum atomic E-state index is 0.0179. The van der Waals surface area contributed by atoms with Crippen LogP contribution >= 0.6 is 0 Å². The highest BCUT2D eigenvalue weighted by Crippen LogP contribution is 2.27. The summed E-state index contributed by atoms with van der Waals surface area (Å²) in [6.07, 6.45) is 0. The van der Waals surface area contributed by atoms with Gasteiger partial charge in [0.25, 0.3) is 0 Å². The Balaban J connectivity index is 2.06. The average Bonchev–Trinajstić information content (AvgIpc) is 2.89. The summed E-state index contributed by atoms with van der Waals surface area (Å²) in [5.41, 5.74) is 2.39. The minimum absolute atomic E-state index is 0.0179. The summed E-state index contributed by atoms with van der Waals surface area (Å²) in [5.74, 6) is 1.38. The SMILES string of the molecule is COCC1CN(Cc2ccc(OC)c(C)c2)CC1C(=O)N(C)C. The summed E-state index contributed by atoms with van der Waals surface area (Å²) in [5, 5.41) is 0. The Morgan fingerprint density at radius 1 is 1.30 bits per heavy atom. The predicted molar refractivity (Wildman–Crippen MR) is 90.6 cm³/mol. The molecule has 1 amide bonds. The van der Waals surface area contributed by atoms with E-state index in [4.69, 9.17) is 9.47 Å². The van der Waals surface area contributed by atoms with Crippen molar-refractivity contribution in [2.75, 3.05) is 48.0 Å². The lowest BCUT2D eigenvalue weighted by Gasteiger charge is -2.20. The number of carbonyl (C=O) groups is 1. The molecule has 0 aromatic heterocycles. The lowest BCUT2D eigenvalue weighted by atomic mass is 9.96. The van der Waals surface area contributed by atoms with E-state index in [1.165, 1.54) is 5.56 Å². The van der Waals surface area contributed by atoms with Gasteiger partial charge in [-0.2, -0.15) is 0 Å². The monoisotopic (exact) mass is 320 g/mol. The number of hydrogen-bond donors (Lipinski definition) is 0. The quantitative estimate of drug-likeness (QED) is 0.801. The van der Waals surface area contributed by atoms with Crippen molar-refractivity contribution in [3.63, 3.8) is 0 Å². The standard InChI is InChI=1S/C18H28N2O3/c1-13-8-14(6-7-17(13)23-5)9-20-10-15(12-22-4)16(11-20)18(21)19(2)3/h6-8,15-16H,9-12H2,1-5H3. The van der Waals surface area contributed by atoms with Crippen LogP contribution in [0, 0.1) is 18.8 Å². The molecule has 1 fully saturated rings. The van der Waals surface area contributed by atoms with E-state index in [2.05, 4.69) is 24.0 Å². The summed E-state index contributed by atoms with van der Waals surface area (Å²) in [6.45, 7) is 5.21. The van der Waals surface area contributed by atoms with Gasteiger partial charge in [0.1, 0.15) is 5.75 Å². The number of aryl methyl sites for hydroxylation is 1. The fraction of sp³-hybridized carbons (Fsp3) is 0.611. The van der Waals surface area contributed by atoms with Gasteiger partial charge in [-0.25, -0.2) is 0 Å². The molecule has 1 aromatic rings. The predicted octanol–water partition coefficient (Wildman–Crippen LogP) is 1.79. The number of benzene rings is 1. The zero-order valence-electron chi connectivity index (χ0n) is 14.8. The van der Waals surface area contributed by atoms with E-state index < -0.39 is 0 Å². The van der Waals surface area contributed by atoms with Gasteiger partial charge in [-0.05, 0) is 24.1 Å². The van der Waals surface area contributed by atoms with Gasteiger partial charge in [-0.3, -0.25) is 9.69 Å². The normalized spacial score (nSPS) is 21.4. The van der Waals surface area contributed by atoms with Crippen molar-refractivity contribution in [2.45, 2.75) is 13.5 Å². The molecule has 2 atom stereocenters. The number of carbonyl (C=O) groups excluding carboxylic acids is 1. The first kappa shape index (κ1) is 17.8. The Hall–Kier alpha value is -1.59. The number of methoxy groups -OCH3 is 2. The van der Waals surface area contributed by atoms with Crippen LogP contribution in [0.3, 0.4) is 0 Å². The van der Waals surface area contributed by atoms with Crippen molar-refractivity contribution in [3.05, 3.63) is 29.3 Å². The van der Waals surface area contributed by atoms with Crippen molar-refractivity contribution < 1.29 is 14.3 Å². The van der Waals surface area contributed by atoms with Crippen molar-refractivity contribution in [1.29, 1.82) is 0 Å². The van der Waals surface area contributed by atoms with E-state index in [1.807, 2.05) is 20.2 Å². The first-order valence-corrected chi connectivity index (χ1v) is 8.02. The number of rotatable bonds is 6. The molecule has 0 saturated carbocycles. The van der Waals surface area contributed by atoms with Crippen LogP contribution in [0.25, 0.3) is 0 Å². The number of ether oxygens (including phenoxy) is 2. The molecule has 0 radical (unpaired) electrons. The third-order valence-corrected chi connectivity index (χ3v) is 4.52. The number of amides is 1. The van der Waals surface area contributed by atoms with E-state index >= 15 is 0 Å². The molecule has 0 bridgehead atoms. The van der Waals surface area contributed by atoms with Crippen LogP contribution in [-0.2, 0) is 16.1 Å². The average molecular weight is 320 g/mol. The van der Waals surface area contributed by atoms with Crippen molar-refractivity contribution >= 4 is 5.91 Å². The zero-order valence-corrected chi connectivity index (χ0v) is 14.8. The number of hydrogen-bond acceptors (Lipinski definition) is 4. The molecule has 1 aliphatic rings. The van der Waals surface area contributed by atoms with E-state index in [0.717, 1.165) is 30.9 Å². The van der Waals surface area contributed by atoms with Gasteiger partial charge in [0.15, 0.2) is 0 Å². The van der Waals surface area contributed by atoms with Gasteiger partial charge in [0.2, 0.25) is 5.91 Å². The number of likely N-dealkylation sites (tertiary alicyclic amines) is 1. The van der Waals surface area contributed by atoms with Crippen LogP contribution in [0.5, 0.6) is 5.75 Å². The molecule has 0 spiro atoms. The molecule has 5 heteroatoms. The minimum Gasteiger partial charge on any atom is -0.496 e. The van der Waals surface area contributed by atoms with E-state index in [9.17, 15) is 4.79 Å². The largest absolute Gasteiger partial charge is 0.496 e. The van der Waals surface area contributed by atoms with Crippen LogP contribution in [-0.4, -0.2) is 63.7 Å². The smallest absolute Gasteiger partial charge is 0.226 e. The topological polar surface area (TPSA) is 42.0 Å². The second-order valence-electron chi connectivity index (χ2n) is 6.55.